The molecule has 1 aromatic carbocycles. The van der Waals surface area contributed by atoms with Crippen molar-refractivity contribution in [3.8, 4) is 0 Å². The molecule has 0 unspecified atom stereocenters. The van der Waals surface area contributed by atoms with E-state index in [-0.39, 0.29) is 12.4 Å². The number of nitrogens with two attached hydrogens (primary N) is 1. The first-order valence-corrected chi connectivity index (χ1v) is 5.56. The SMILES string of the molecule is CCNC(/C=C/c1ccccc1Cl)=N/C(N)=O.Cl. The first kappa shape index (κ1) is 16.5. The van der Waals surface area contributed by atoms with Crippen LogP contribution in [0.3, 0.4) is 0 Å². The second kappa shape index (κ2) is 8.55. The Bertz CT molecular complexity index is 458. The van der Waals surface area contributed by atoms with Gasteiger partial charge >= 0.3 is 6.03 Å². The lowest BCUT2D eigenvalue weighted by Gasteiger charge is -2.02. The van der Waals surface area contributed by atoms with Crippen LogP contribution in [0.1, 0.15) is 12.5 Å². The summed E-state index contributed by atoms with van der Waals surface area (Å²) in [5, 5.41) is 3.56. The number of primary amides is 1. The van der Waals surface area contributed by atoms with Gasteiger partial charge in [-0.1, -0.05) is 29.8 Å². The molecule has 98 valence electrons. The summed E-state index contributed by atoms with van der Waals surface area (Å²) >= 11 is 5.99. The zero-order chi connectivity index (χ0) is 12.7. The molecule has 0 aliphatic rings. The summed E-state index contributed by atoms with van der Waals surface area (Å²) < 4.78 is 0. The molecule has 6 heteroatoms. The van der Waals surface area contributed by atoms with Gasteiger partial charge in [0.15, 0.2) is 0 Å². The number of amidine groups is 1. The van der Waals surface area contributed by atoms with Crippen molar-refractivity contribution in [3.05, 3.63) is 40.9 Å². The summed E-state index contributed by atoms with van der Waals surface area (Å²) in [5.41, 5.74) is 5.85. The topological polar surface area (TPSA) is 67.5 Å². The Morgan fingerprint density at radius 1 is 1.50 bits per heavy atom. The van der Waals surface area contributed by atoms with E-state index < -0.39 is 6.03 Å². The van der Waals surface area contributed by atoms with Crippen LogP contribution in [0.4, 0.5) is 4.79 Å². The molecule has 0 aliphatic heterocycles. The van der Waals surface area contributed by atoms with Gasteiger partial charge in [0.1, 0.15) is 5.84 Å². The van der Waals surface area contributed by atoms with Gasteiger partial charge in [-0.05, 0) is 30.7 Å². The number of urea groups is 1. The molecule has 0 radical (unpaired) electrons. The van der Waals surface area contributed by atoms with E-state index in [9.17, 15) is 4.79 Å². The largest absolute Gasteiger partial charge is 0.370 e. The third kappa shape index (κ3) is 5.70. The molecule has 0 bridgehead atoms. The fraction of sp³-hybridized carbons (Fsp3) is 0.167. The Balaban J connectivity index is 0.00000289. The number of nitrogens with zero attached hydrogens (tertiary/aromatic N) is 1. The zero-order valence-corrected chi connectivity index (χ0v) is 11.5. The van der Waals surface area contributed by atoms with Gasteiger partial charge in [-0.25, -0.2) is 4.79 Å². The van der Waals surface area contributed by atoms with Gasteiger partial charge in [0.25, 0.3) is 0 Å². The first-order chi connectivity index (χ1) is 8.13. The number of carbonyl (C=O) groups is 1. The predicted molar refractivity (Wildman–Crippen MR) is 78.4 cm³/mol. The van der Waals surface area contributed by atoms with Crippen LogP contribution >= 0.6 is 24.0 Å². The number of aliphatic imine (C=N–C) groups is 1. The van der Waals surface area contributed by atoms with Gasteiger partial charge in [0, 0.05) is 11.6 Å². The number of nitrogens with one attached hydrogen (secondary N) is 1. The Morgan fingerprint density at radius 2 is 2.17 bits per heavy atom. The Kier molecular flexibility index (Phi) is 7.83. The second-order valence-electron chi connectivity index (χ2n) is 3.22. The minimum atomic E-state index is -0.732. The van der Waals surface area contributed by atoms with Crippen LogP contribution in [-0.2, 0) is 0 Å². The number of amides is 2. The van der Waals surface area contributed by atoms with Crippen LogP contribution < -0.4 is 11.1 Å². The van der Waals surface area contributed by atoms with E-state index in [0.717, 1.165) is 5.56 Å². The molecule has 0 aliphatic carbocycles. The Hall–Kier alpha value is -1.52. The molecular weight excluding hydrogens is 273 g/mol. The third-order valence-electron chi connectivity index (χ3n) is 1.91. The standard InChI is InChI=1S/C12H14ClN3O.ClH/c1-2-15-11(16-12(14)17)8-7-9-5-3-4-6-10(9)13;/h3-8H,2H2,1H3,(H3,14,15,16,17);1H/b8-7+;. The highest BCUT2D eigenvalue weighted by Gasteiger charge is 1.97. The van der Waals surface area contributed by atoms with E-state index in [1.54, 1.807) is 18.2 Å². The molecule has 0 fully saturated rings. The molecule has 0 saturated heterocycles. The third-order valence-corrected chi connectivity index (χ3v) is 2.26. The number of rotatable bonds is 3. The fourth-order valence-corrected chi connectivity index (χ4v) is 1.41. The first-order valence-electron chi connectivity index (χ1n) is 5.18. The van der Waals surface area contributed by atoms with Crippen molar-refractivity contribution in [1.82, 2.24) is 5.32 Å². The average molecular weight is 288 g/mol. The summed E-state index contributed by atoms with van der Waals surface area (Å²) in [6, 6.07) is 6.66. The van der Waals surface area contributed by atoms with Gasteiger partial charge < -0.3 is 11.1 Å². The number of carbonyl (C=O) groups excluding carboxylic acids is 1. The number of benzene rings is 1. The molecule has 0 saturated carbocycles. The molecule has 0 atom stereocenters. The van der Waals surface area contributed by atoms with Crippen LogP contribution in [0.5, 0.6) is 0 Å². The van der Waals surface area contributed by atoms with Crippen molar-refractivity contribution < 1.29 is 4.79 Å². The quantitative estimate of drug-likeness (QED) is 0.663. The summed E-state index contributed by atoms with van der Waals surface area (Å²) in [5.74, 6) is 0.417. The minimum Gasteiger partial charge on any atom is -0.370 e. The van der Waals surface area contributed by atoms with Crippen LogP contribution in [-0.4, -0.2) is 18.4 Å². The highest BCUT2D eigenvalue weighted by atomic mass is 35.5. The fourth-order valence-electron chi connectivity index (χ4n) is 1.21. The van der Waals surface area contributed by atoms with Crippen LogP contribution in [0.2, 0.25) is 5.02 Å². The van der Waals surface area contributed by atoms with Gasteiger partial charge in [-0.3, -0.25) is 0 Å². The van der Waals surface area contributed by atoms with Crippen molar-refractivity contribution in [2.75, 3.05) is 6.54 Å². The molecule has 0 spiro atoms. The molecule has 1 aromatic rings. The van der Waals surface area contributed by atoms with Gasteiger partial charge in [0.2, 0.25) is 0 Å². The molecule has 1 rings (SSSR count). The summed E-state index contributed by atoms with van der Waals surface area (Å²) in [7, 11) is 0. The predicted octanol–water partition coefficient (Wildman–Crippen LogP) is 2.86. The maximum Gasteiger partial charge on any atom is 0.340 e. The van der Waals surface area contributed by atoms with Crippen molar-refractivity contribution in [2.45, 2.75) is 6.92 Å². The van der Waals surface area contributed by atoms with E-state index in [1.165, 1.54) is 0 Å². The monoisotopic (exact) mass is 287 g/mol. The average Bonchev–Trinajstić information content (AvgIpc) is 2.27. The molecular formula is C12H15Cl2N3O. The summed E-state index contributed by atoms with van der Waals surface area (Å²) in [6.45, 7) is 2.55. The lowest BCUT2D eigenvalue weighted by Crippen LogP contribution is -2.23. The van der Waals surface area contributed by atoms with E-state index >= 15 is 0 Å². The Morgan fingerprint density at radius 3 is 2.72 bits per heavy atom. The highest BCUT2D eigenvalue weighted by Crippen LogP contribution is 2.16. The Labute approximate surface area is 117 Å². The van der Waals surface area contributed by atoms with E-state index in [2.05, 4.69) is 10.3 Å². The maximum atomic E-state index is 10.7. The molecule has 0 aromatic heterocycles. The lowest BCUT2D eigenvalue weighted by atomic mass is 10.2. The smallest absolute Gasteiger partial charge is 0.340 e. The van der Waals surface area contributed by atoms with E-state index in [1.807, 2.05) is 25.1 Å². The van der Waals surface area contributed by atoms with Gasteiger partial charge in [0.05, 0.1) is 0 Å². The van der Waals surface area contributed by atoms with Crippen LogP contribution in [0, 0.1) is 0 Å². The molecule has 2 amide bonds. The normalized spacial score (nSPS) is 11.1. The van der Waals surface area contributed by atoms with E-state index in [0.29, 0.717) is 17.4 Å². The molecule has 0 heterocycles. The van der Waals surface area contributed by atoms with Crippen molar-refractivity contribution in [2.24, 2.45) is 10.7 Å². The zero-order valence-electron chi connectivity index (χ0n) is 9.89. The number of hydrogen-bond acceptors (Lipinski definition) is 1. The molecule has 3 N–H and O–H groups in total. The summed E-state index contributed by atoms with van der Waals surface area (Å²) in [4.78, 5) is 14.3. The minimum absolute atomic E-state index is 0. The lowest BCUT2D eigenvalue weighted by molar-refractivity contribution is 0.256. The van der Waals surface area contributed by atoms with Crippen molar-refractivity contribution >= 4 is 42.0 Å². The number of hydrogen-bond donors (Lipinski definition) is 2. The van der Waals surface area contributed by atoms with Crippen molar-refractivity contribution in [1.29, 1.82) is 0 Å². The number of halogens is 2. The van der Waals surface area contributed by atoms with Gasteiger partial charge in [-0.2, -0.15) is 4.99 Å². The summed E-state index contributed by atoms with van der Waals surface area (Å²) in [6.07, 6.45) is 3.43. The van der Waals surface area contributed by atoms with Crippen LogP contribution in [0.25, 0.3) is 6.08 Å². The maximum absolute atomic E-state index is 10.7. The van der Waals surface area contributed by atoms with E-state index in [4.69, 9.17) is 17.3 Å². The highest BCUT2D eigenvalue weighted by molar-refractivity contribution is 6.32. The molecule has 4 nitrogen and oxygen atoms in total. The van der Waals surface area contributed by atoms with Crippen LogP contribution in [0.15, 0.2) is 35.3 Å². The second-order valence-corrected chi connectivity index (χ2v) is 3.63. The molecule has 18 heavy (non-hydrogen) atoms. The number of likely N-dealkylation sites (N-methyl/N-ethyl adjacent to an activating group) is 1. The van der Waals surface area contributed by atoms with Gasteiger partial charge in [-0.15, -0.1) is 12.4 Å². The van der Waals surface area contributed by atoms with Crippen molar-refractivity contribution in [3.63, 3.8) is 0 Å².